The van der Waals surface area contributed by atoms with Crippen LogP contribution < -0.4 is 5.32 Å². The first-order valence-electron chi connectivity index (χ1n) is 7.26. The molecule has 0 aliphatic carbocycles. The van der Waals surface area contributed by atoms with Crippen molar-refractivity contribution in [1.82, 2.24) is 5.32 Å². The Morgan fingerprint density at radius 3 is 2.74 bits per heavy atom. The number of amides is 1. The molecule has 0 saturated carbocycles. The monoisotopic (exact) mass is 307 g/mol. The van der Waals surface area contributed by atoms with Gasteiger partial charge in [0.05, 0.1) is 0 Å². The van der Waals surface area contributed by atoms with Crippen LogP contribution in [-0.2, 0) is 11.3 Å². The van der Waals surface area contributed by atoms with Gasteiger partial charge in [-0.3, -0.25) is 4.79 Å². The van der Waals surface area contributed by atoms with Crippen LogP contribution in [0.25, 0.3) is 0 Å². The third kappa shape index (κ3) is 6.06. The van der Waals surface area contributed by atoms with E-state index >= 15 is 0 Å². The van der Waals surface area contributed by atoms with Gasteiger partial charge in [0, 0.05) is 24.1 Å². The lowest BCUT2D eigenvalue weighted by atomic mass is 10.1. The Kier molecular flexibility index (Phi) is 6.43. The Hall–Kier alpha value is -3.06. The first-order valence-corrected chi connectivity index (χ1v) is 7.26. The van der Waals surface area contributed by atoms with Gasteiger partial charge < -0.3 is 10.1 Å². The fraction of sp³-hybridized carbons (Fsp3) is 0.158. The number of hydrogen-bond acceptors (Lipinski definition) is 3. The molecule has 0 atom stereocenters. The van der Waals surface area contributed by atoms with Gasteiger partial charge in [0.15, 0.2) is 0 Å². The highest BCUT2D eigenvalue weighted by Gasteiger charge is 2.00. The van der Waals surface area contributed by atoms with E-state index < -0.39 is 6.09 Å². The van der Waals surface area contributed by atoms with Gasteiger partial charge in [0.2, 0.25) is 0 Å². The van der Waals surface area contributed by atoms with Crippen molar-refractivity contribution in [1.29, 1.82) is 0 Å². The number of hydrogen-bond donors (Lipinski definition) is 1. The van der Waals surface area contributed by atoms with Crippen LogP contribution in [0.1, 0.15) is 27.9 Å². The smallest absolute Gasteiger partial charge is 0.407 e. The first kappa shape index (κ1) is 16.3. The van der Waals surface area contributed by atoms with Gasteiger partial charge >= 0.3 is 6.09 Å². The van der Waals surface area contributed by atoms with E-state index in [0.29, 0.717) is 18.5 Å². The number of nitrogens with one attached hydrogen (secondary N) is 1. The van der Waals surface area contributed by atoms with Crippen molar-refractivity contribution >= 4 is 12.4 Å². The lowest BCUT2D eigenvalue weighted by Crippen LogP contribution is -2.24. The summed E-state index contributed by atoms with van der Waals surface area (Å²) in [7, 11) is 0. The van der Waals surface area contributed by atoms with Crippen molar-refractivity contribution in [2.75, 3.05) is 6.54 Å². The van der Waals surface area contributed by atoms with E-state index in [9.17, 15) is 9.59 Å². The third-order valence-electron chi connectivity index (χ3n) is 2.99. The summed E-state index contributed by atoms with van der Waals surface area (Å²) in [4.78, 5) is 22.2. The predicted molar refractivity (Wildman–Crippen MR) is 88.0 cm³/mol. The number of alkyl carbamates (subject to hydrolysis) is 1. The maximum absolute atomic E-state index is 11.5. The highest BCUT2D eigenvalue weighted by atomic mass is 16.5. The summed E-state index contributed by atoms with van der Waals surface area (Å²) in [5.74, 6) is 5.90. The number of rotatable bonds is 5. The summed E-state index contributed by atoms with van der Waals surface area (Å²) < 4.78 is 5.09. The second kappa shape index (κ2) is 9.06. The molecule has 0 bridgehead atoms. The Bertz CT molecular complexity index is 714. The molecule has 0 aliphatic rings. The highest BCUT2D eigenvalue weighted by Crippen LogP contribution is 2.01. The predicted octanol–water partition coefficient (Wildman–Crippen LogP) is 3.17. The van der Waals surface area contributed by atoms with Gasteiger partial charge in [-0.2, -0.15) is 0 Å². The summed E-state index contributed by atoms with van der Waals surface area (Å²) in [5, 5.41) is 2.64. The minimum absolute atomic E-state index is 0.247. The maximum atomic E-state index is 11.5. The fourth-order valence-corrected chi connectivity index (χ4v) is 1.86. The zero-order valence-electron chi connectivity index (χ0n) is 12.6. The molecule has 0 spiro atoms. The SMILES string of the molecule is O=Cc1cccc(C#CCCNC(=O)OCc2ccccc2)c1. The quantitative estimate of drug-likeness (QED) is 0.524. The number of benzene rings is 2. The topological polar surface area (TPSA) is 55.4 Å². The van der Waals surface area contributed by atoms with Crippen molar-refractivity contribution in [2.24, 2.45) is 0 Å². The molecule has 1 N–H and O–H groups in total. The Labute approximate surface area is 135 Å². The Balaban J connectivity index is 1.68. The number of aldehydes is 1. The molecule has 116 valence electrons. The van der Waals surface area contributed by atoms with Crippen molar-refractivity contribution < 1.29 is 14.3 Å². The molecular weight excluding hydrogens is 290 g/mol. The molecule has 2 rings (SSSR count). The van der Waals surface area contributed by atoms with Gasteiger partial charge in [-0.15, -0.1) is 0 Å². The summed E-state index contributed by atoms with van der Waals surface area (Å²) in [6, 6.07) is 16.6. The van der Waals surface area contributed by atoms with Crippen LogP contribution in [0.3, 0.4) is 0 Å². The zero-order valence-corrected chi connectivity index (χ0v) is 12.6. The molecule has 0 aromatic heterocycles. The molecule has 0 radical (unpaired) electrons. The fourth-order valence-electron chi connectivity index (χ4n) is 1.86. The van der Waals surface area contributed by atoms with E-state index in [-0.39, 0.29) is 6.61 Å². The van der Waals surface area contributed by atoms with Crippen LogP contribution in [0.2, 0.25) is 0 Å². The van der Waals surface area contributed by atoms with Crippen LogP contribution in [-0.4, -0.2) is 18.9 Å². The van der Waals surface area contributed by atoms with E-state index in [1.54, 1.807) is 18.2 Å². The van der Waals surface area contributed by atoms with Crippen molar-refractivity contribution in [3.05, 3.63) is 71.3 Å². The average molecular weight is 307 g/mol. The molecular formula is C19H17NO3. The minimum Gasteiger partial charge on any atom is -0.445 e. The Morgan fingerprint density at radius 2 is 1.96 bits per heavy atom. The lowest BCUT2D eigenvalue weighted by Gasteiger charge is -2.05. The van der Waals surface area contributed by atoms with Crippen LogP contribution in [0.5, 0.6) is 0 Å². The second-order valence-corrected chi connectivity index (χ2v) is 4.78. The van der Waals surface area contributed by atoms with E-state index in [0.717, 1.165) is 17.4 Å². The van der Waals surface area contributed by atoms with Crippen molar-refractivity contribution in [3.63, 3.8) is 0 Å². The number of carbonyl (C=O) groups excluding carboxylic acids is 2. The lowest BCUT2D eigenvalue weighted by molar-refractivity contribution is 0.112. The molecule has 2 aromatic rings. The molecule has 0 aliphatic heterocycles. The standard InChI is InChI=1S/C19H17NO3/c21-14-18-11-6-10-16(13-18)7-4-5-12-20-19(22)23-15-17-8-2-1-3-9-17/h1-3,6,8-11,13-14H,5,12,15H2,(H,20,22). The van der Waals surface area contributed by atoms with Crippen LogP contribution >= 0.6 is 0 Å². The number of carbonyl (C=O) groups is 2. The van der Waals surface area contributed by atoms with Crippen LogP contribution in [0, 0.1) is 11.8 Å². The molecule has 0 heterocycles. The Morgan fingerprint density at radius 1 is 1.13 bits per heavy atom. The molecule has 4 nitrogen and oxygen atoms in total. The molecule has 2 aromatic carbocycles. The normalized spacial score (nSPS) is 9.39. The maximum Gasteiger partial charge on any atom is 0.407 e. The molecule has 4 heteroatoms. The minimum atomic E-state index is -0.460. The second-order valence-electron chi connectivity index (χ2n) is 4.78. The zero-order chi connectivity index (χ0) is 16.3. The molecule has 0 saturated heterocycles. The van der Waals surface area contributed by atoms with E-state index in [1.165, 1.54) is 0 Å². The van der Waals surface area contributed by atoms with E-state index in [4.69, 9.17) is 4.74 Å². The average Bonchev–Trinajstić information content (AvgIpc) is 2.61. The summed E-state index contributed by atoms with van der Waals surface area (Å²) >= 11 is 0. The first-order chi connectivity index (χ1) is 11.3. The molecule has 23 heavy (non-hydrogen) atoms. The third-order valence-corrected chi connectivity index (χ3v) is 2.99. The highest BCUT2D eigenvalue weighted by molar-refractivity contribution is 5.75. The molecule has 0 unspecified atom stereocenters. The van der Waals surface area contributed by atoms with Crippen LogP contribution in [0.15, 0.2) is 54.6 Å². The van der Waals surface area contributed by atoms with E-state index in [1.807, 2.05) is 36.4 Å². The molecule has 0 fully saturated rings. The summed E-state index contributed by atoms with van der Waals surface area (Å²) in [6.45, 7) is 0.658. The van der Waals surface area contributed by atoms with Gasteiger partial charge in [-0.05, 0) is 17.7 Å². The number of ether oxygens (including phenoxy) is 1. The van der Waals surface area contributed by atoms with Crippen molar-refractivity contribution in [3.8, 4) is 11.8 Å². The van der Waals surface area contributed by atoms with Crippen LogP contribution in [0.4, 0.5) is 4.79 Å². The summed E-state index contributed by atoms with van der Waals surface area (Å²) in [5.41, 5.74) is 2.32. The van der Waals surface area contributed by atoms with Gasteiger partial charge in [-0.25, -0.2) is 4.79 Å². The van der Waals surface area contributed by atoms with Gasteiger partial charge in [0.25, 0.3) is 0 Å². The van der Waals surface area contributed by atoms with Gasteiger partial charge in [-0.1, -0.05) is 54.3 Å². The van der Waals surface area contributed by atoms with Crippen molar-refractivity contribution in [2.45, 2.75) is 13.0 Å². The summed E-state index contributed by atoms with van der Waals surface area (Å²) in [6.07, 6.45) is 0.833. The van der Waals surface area contributed by atoms with Gasteiger partial charge in [0.1, 0.15) is 12.9 Å². The largest absolute Gasteiger partial charge is 0.445 e. The molecule has 1 amide bonds. The van der Waals surface area contributed by atoms with E-state index in [2.05, 4.69) is 17.2 Å².